The predicted octanol–water partition coefficient (Wildman–Crippen LogP) is 1.05. The predicted molar refractivity (Wildman–Crippen MR) is 91.5 cm³/mol. The first-order valence-electron chi connectivity index (χ1n) is 8.16. The summed E-state index contributed by atoms with van der Waals surface area (Å²) in [5.41, 5.74) is 0.689. The molecule has 0 spiro atoms. The molecule has 2 N–H and O–H groups in total. The SMILES string of the molecule is CCCNC(=O)[C@H]1CN([C@@H](C)C(=O)NC(=O)OC)c2ccccc2O1. The third-order valence-electron chi connectivity index (χ3n) is 3.91. The number of ether oxygens (including phenoxy) is 2. The molecule has 2 atom stereocenters. The average molecular weight is 349 g/mol. The second-order valence-electron chi connectivity index (χ2n) is 5.67. The first-order valence-corrected chi connectivity index (χ1v) is 8.16. The molecule has 8 nitrogen and oxygen atoms in total. The van der Waals surface area contributed by atoms with Crippen LogP contribution < -0.4 is 20.3 Å². The maximum atomic E-state index is 12.3. The molecule has 1 aromatic carbocycles. The van der Waals surface area contributed by atoms with Gasteiger partial charge in [-0.2, -0.15) is 0 Å². The molecule has 0 radical (unpaired) electrons. The largest absolute Gasteiger partial charge is 0.477 e. The zero-order valence-corrected chi connectivity index (χ0v) is 14.6. The summed E-state index contributed by atoms with van der Waals surface area (Å²) < 4.78 is 10.2. The Kier molecular flexibility index (Phi) is 6.21. The molecular formula is C17H23N3O5. The molecule has 136 valence electrons. The van der Waals surface area contributed by atoms with E-state index in [1.165, 1.54) is 7.11 Å². The van der Waals surface area contributed by atoms with E-state index in [4.69, 9.17) is 4.74 Å². The molecule has 0 aromatic heterocycles. The van der Waals surface area contributed by atoms with E-state index in [1.54, 1.807) is 30.0 Å². The number of carbonyl (C=O) groups excluding carboxylic acids is 3. The van der Waals surface area contributed by atoms with Crippen LogP contribution in [0.15, 0.2) is 24.3 Å². The molecule has 8 heteroatoms. The van der Waals surface area contributed by atoms with Gasteiger partial charge < -0.3 is 19.7 Å². The van der Waals surface area contributed by atoms with Crippen LogP contribution in [0.4, 0.5) is 10.5 Å². The van der Waals surface area contributed by atoms with E-state index in [1.807, 2.05) is 13.0 Å². The summed E-state index contributed by atoms with van der Waals surface area (Å²) in [6.45, 7) is 4.37. The van der Waals surface area contributed by atoms with Gasteiger partial charge in [-0.25, -0.2) is 4.79 Å². The third-order valence-corrected chi connectivity index (χ3v) is 3.91. The smallest absolute Gasteiger partial charge is 0.413 e. The van der Waals surface area contributed by atoms with Crippen LogP contribution in [0, 0.1) is 0 Å². The van der Waals surface area contributed by atoms with Gasteiger partial charge in [0.1, 0.15) is 11.8 Å². The Labute approximate surface area is 146 Å². The molecule has 1 aliphatic rings. The fraction of sp³-hybridized carbons (Fsp3) is 0.471. The number of hydrogen-bond acceptors (Lipinski definition) is 6. The molecule has 1 aliphatic heterocycles. The Balaban J connectivity index is 2.21. The van der Waals surface area contributed by atoms with E-state index in [-0.39, 0.29) is 12.5 Å². The zero-order chi connectivity index (χ0) is 18.4. The third kappa shape index (κ3) is 4.40. The highest BCUT2D eigenvalue weighted by molar-refractivity contribution is 5.97. The van der Waals surface area contributed by atoms with Gasteiger partial charge in [0.2, 0.25) is 0 Å². The number of benzene rings is 1. The van der Waals surface area contributed by atoms with Gasteiger partial charge in [0.25, 0.3) is 11.8 Å². The molecular weight excluding hydrogens is 326 g/mol. The lowest BCUT2D eigenvalue weighted by atomic mass is 10.1. The van der Waals surface area contributed by atoms with Crippen molar-refractivity contribution in [1.29, 1.82) is 0 Å². The molecule has 0 saturated heterocycles. The van der Waals surface area contributed by atoms with Crippen LogP contribution in [0.25, 0.3) is 0 Å². The minimum absolute atomic E-state index is 0.197. The number of imide groups is 1. The van der Waals surface area contributed by atoms with Crippen LogP contribution in [0.5, 0.6) is 5.75 Å². The average Bonchev–Trinajstić information content (AvgIpc) is 2.64. The molecule has 0 unspecified atom stereocenters. The Morgan fingerprint density at radius 3 is 2.76 bits per heavy atom. The van der Waals surface area contributed by atoms with Crippen LogP contribution in [0.2, 0.25) is 0 Å². The summed E-state index contributed by atoms with van der Waals surface area (Å²) in [5.74, 6) is -0.235. The lowest BCUT2D eigenvalue weighted by Crippen LogP contribution is -2.55. The molecule has 1 heterocycles. The maximum absolute atomic E-state index is 12.3. The monoisotopic (exact) mass is 349 g/mol. The van der Waals surface area contributed by atoms with Gasteiger partial charge in [0.05, 0.1) is 19.3 Å². The number of methoxy groups -OCH3 is 1. The van der Waals surface area contributed by atoms with Crippen molar-refractivity contribution in [2.45, 2.75) is 32.4 Å². The number of rotatable bonds is 5. The lowest BCUT2D eigenvalue weighted by molar-refractivity contribution is -0.128. The molecule has 0 aliphatic carbocycles. The van der Waals surface area contributed by atoms with Gasteiger partial charge in [0, 0.05) is 6.54 Å². The minimum atomic E-state index is -0.823. The van der Waals surface area contributed by atoms with E-state index in [9.17, 15) is 14.4 Å². The van der Waals surface area contributed by atoms with E-state index < -0.39 is 24.1 Å². The summed E-state index contributed by atoms with van der Waals surface area (Å²) >= 11 is 0. The number of nitrogens with zero attached hydrogens (tertiary/aromatic N) is 1. The highest BCUT2D eigenvalue weighted by Gasteiger charge is 2.35. The summed E-state index contributed by atoms with van der Waals surface area (Å²) in [6.07, 6.45) is -0.748. The number of alkyl carbamates (subject to hydrolysis) is 1. The van der Waals surface area contributed by atoms with E-state index in [0.29, 0.717) is 18.0 Å². The maximum Gasteiger partial charge on any atom is 0.413 e. The van der Waals surface area contributed by atoms with Gasteiger partial charge >= 0.3 is 6.09 Å². The Morgan fingerprint density at radius 2 is 2.08 bits per heavy atom. The van der Waals surface area contributed by atoms with Crippen molar-refractivity contribution < 1.29 is 23.9 Å². The highest BCUT2D eigenvalue weighted by Crippen LogP contribution is 2.34. The van der Waals surface area contributed by atoms with Crippen molar-refractivity contribution in [2.24, 2.45) is 0 Å². The highest BCUT2D eigenvalue weighted by atomic mass is 16.5. The normalized spacial score (nSPS) is 16.9. The van der Waals surface area contributed by atoms with E-state index in [2.05, 4.69) is 15.4 Å². The summed E-state index contributed by atoms with van der Waals surface area (Å²) in [7, 11) is 1.19. The van der Waals surface area contributed by atoms with Crippen LogP contribution >= 0.6 is 0 Å². The first kappa shape index (κ1) is 18.6. The fourth-order valence-electron chi connectivity index (χ4n) is 2.52. The summed E-state index contributed by atoms with van der Waals surface area (Å²) in [5, 5.41) is 4.95. The topological polar surface area (TPSA) is 97.0 Å². The van der Waals surface area contributed by atoms with Crippen LogP contribution in [-0.2, 0) is 14.3 Å². The van der Waals surface area contributed by atoms with Gasteiger partial charge in [-0.3, -0.25) is 14.9 Å². The van der Waals surface area contributed by atoms with Crippen LogP contribution in [0.1, 0.15) is 20.3 Å². The minimum Gasteiger partial charge on any atom is -0.477 e. The molecule has 1 aromatic rings. The Morgan fingerprint density at radius 1 is 1.36 bits per heavy atom. The molecule has 0 bridgehead atoms. The molecule has 2 rings (SSSR count). The Bertz CT molecular complexity index is 649. The van der Waals surface area contributed by atoms with Gasteiger partial charge in [-0.05, 0) is 25.5 Å². The quantitative estimate of drug-likeness (QED) is 0.825. The number of fused-ring (bicyclic) bond motifs is 1. The van der Waals surface area contributed by atoms with E-state index >= 15 is 0 Å². The van der Waals surface area contributed by atoms with Crippen molar-refractivity contribution in [2.75, 3.05) is 25.1 Å². The van der Waals surface area contributed by atoms with Crippen LogP contribution in [0.3, 0.4) is 0 Å². The standard InChI is InChI=1S/C17H23N3O5/c1-4-9-18-16(22)14-10-20(11(2)15(21)19-17(23)24-3)12-7-5-6-8-13(12)25-14/h5-8,11,14H,4,9-10H2,1-3H3,(H,18,22)(H,19,21,23)/t11-,14+/m0/s1. The number of hydrogen-bond donors (Lipinski definition) is 2. The van der Waals surface area contributed by atoms with Crippen molar-refractivity contribution in [3.8, 4) is 5.75 Å². The van der Waals surface area contributed by atoms with Crippen molar-refractivity contribution in [3.63, 3.8) is 0 Å². The van der Waals surface area contributed by atoms with Crippen LogP contribution in [-0.4, -0.2) is 50.3 Å². The first-order chi connectivity index (χ1) is 12.0. The molecule has 0 fully saturated rings. The van der Waals surface area contributed by atoms with Gasteiger partial charge in [-0.15, -0.1) is 0 Å². The second kappa shape index (κ2) is 8.36. The number of amides is 3. The van der Waals surface area contributed by atoms with Gasteiger partial charge in [0.15, 0.2) is 6.10 Å². The second-order valence-corrected chi connectivity index (χ2v) is 5.67. The lowest BCUT2D eigenvalue weighted by Gasteiger charge is -2.38. The molecule has 3 amide bonds. The van der Waals surface area contributed by atoms with Crippen molar-refractivity contribution in [3.05, 3.63) is 24.3 Å². The fourth-order valence-corrected chi connectivity index (χ4v) is 2.52. The number of carbonyl (C=O) groups is 3. The van der Waals surface area contributed by atoms with E-state index in [0.717, 1.165) is 6.42 Å². The zero-order valence-electron chi connectivity index (χ0n) is 14.6. The summed E-state index contributed by atoms with van der Waals surface area (Å²) in [6, 6.07) is 6.47. The summed E-state index contributed by atoms with van der Waals surface area (Å²) in [4.78, 5) is 37.6. The number of nitrogens with one attached hydrogen (secondary N) is 2. The van der Waals surface area contributed by atoms with Crippen molar-refractivity contribution in [1.82, 2.24) is 10.6 Å². The number of para-hydroxylation sites is 2. The molecule has 25 heavy (non-hydrogen) atoms. The van der Waals surface area contributed by atoms with Crippen molar-refractivity contribution >= 4 is 23.6 Å². The van der Waals surface area contributed by atoms with Gasteiger partial charge in [-0.1, -0.05) is 19.1 Å². The number of anilines is 1. The Hall–Kier alpha value is -2.77. The molecule has 0 saturated carbocycles.